The Kier molecular flexibility index (Phi) is 5.40. The summed E-state index contributed by atoms with van der Waals surface area (Å²) < 4.78 is 0. The highest BCUT2D eigenvalue weighted by Crippen LogP contribution is 2.23. The van der Waals surface area contributed by atoms with Crippen LogP contribution in [0.2, 0.25) is 0 Å². The van der Waals surface area contributed by atoms with Crippen molar-refractivity contribution in [2.24, 2.45) is 0 Å². The van der Waals surface area contributed by atoms with Crippen LogP contribution in [0.5, 0.6) is 17.2 Å². The molecule has 0 atom stereocenters. The van der Waals surface area contributed by atoms with Crippen LogP contribution in [-0.4, -0.2) is 26.4 Å². The highest BCUT2D eigenvalue weighted by atomic mass is 16.4. The van der Waals surface area contributed by atoms with Gasteiger partial charge in [0.05, 0.1) is 6.42 Å². The molecular formula is C10H12O5. The predicted molar refractivity (Wildman–Crippen MR) is 53.9 cm³/mol. The third-order valence-electron chi connectivity index (χ3n) is 1.21. The summed E-state index contributed by atoms with van der Waals surface area (Å²) in [6.07, 6.45) is 1.41. The van der Waals surface area contributed by atoms with E-state index in [4.69, 9.17) is 20.4 Å². The molecule has 1 aromatic rings. The molecule has 1 aromatic carbocycles. The number of phenolic OH excluding ortho intramolecular Hbond substituents is 3. The average Bonchev–Trinajstić information content (AvgIpc) is 2.00. The predicted octanol–water partition coefficient (Wildman–Crippen LogP) is 1.45. The zero-order chi connectivity index (χ0) is 11.8. The highest BCUT2D eigenvalue weighted by molar-refractivity contribution is 5.68. The van der Waals surface area contributed by atoms with Gasteiger partial charge in [0.25, 0.3) is 0 Å². The summed E-state index contributed by atoms with van der Waals surface area (Å²) in [5.41, 5.74) is 0. The van der Waals surface area contributed by atoms with Crippen LogP contribution in [0.25, 0.3) is 0 Å². The van der Waals surface area contributed by atoms with Gasteiger partial charge in [-0.3, -0.25) is 4.79 Å². The second-order valence-corrected chi connectivity index (χ2v) is 2.59. The normalized spacial score (nSPS) is 8.53. The van der Waals surface area contributed by atoms with Gasteiger partial charge in [-0.15, -0.1) is 6.58 Å². The van der Waals surface area contributed by atoms with Crippen LogP contribution >= 0.6 is 0 Å². The number of carboxylic acid groups (broad SMARTS) is 1. The molecule has 4 N–H and O–H groups in total. The molecule has 0 amide bonds. The fourth-order valence-corrected chi connectivity index (χ4v) is 0.703. The molecule has 0 aliphatic rings. The Labute approximate surface area is 86.5 Å². The van der Waals surface area contributed by atoms with Gasteiger partial charge in [0.1, 0.15) is 17.2 Å². The molecule has 0 saturated heterocycles. The first kappa shape index (κ1) is 12.8. The molecule has 0 aliphatic heterocycles. The third kappa shape index (κ3) is 6.94. The smallest absolute Gasteiger partial charge is 0.307 e. The fraction of sp³-hybridized carbons (Fsp3) is 0.100. The molecule has 5 nitrogen and oxygen atoms in total. The van der Waals surface area contributed by atoms with Crippen LogP contribution in [0.15, 0.2) is 30.9 Å². The minimum Gasteiger partial charge on any atom is -0.508 e. The van der Waals surface area contributed by atoms with Gasteiger partial charge in [-0.1, -0.05) is 6.08 Å². The highest BCUT2D eigenvalue weighted by Gasteiger charge is 1.94. The lowest BCUT2D eigenvalue weighted by Crippen LogP contribution is -1.88. The summed E-state index contributed by atoms with van der Waals surface area (Å²) in [5.74, 6) is -1.27. The van der Waals surface area contributed by atoms with Gasteiger partial charge in [-0.25, -0.2) is 0 Å². The minimum absolute atomic E-state index is 0.0556. The summed E-state index contributed by atoms with van der Waals surface area (Å²) in [7, 11) is 0. The lowest BCUT2D eigenvalue weighted by Gasteiger charge is -1.94. The molecule has 0 spiro atoms. The zero-order valence-electron chi connectivity index (χ0n) is 7.92. The van der Waals surface area contributed by atoms with E-state index in [1.165, 1.54) is 6.08 Å². The number of aromatic hydroxyl groups is 3. The molecule has 0 bridgehead atoms. The van der Waals surface area contributed by atoms with Gasteiger partial charge >= 0.3 is 5.97 Å². The van der Waals surface area contributed by atoms with Crippen molar-refractivity contribution in [3.63, 3.8) is 0 Å². The van der Waals surface area contributed by atoms with Crippen molar-refractivity contribution < 1.29 is 25.2 Å². The van der Waals surface area contributed by atoms with Crippen LogP contribution in [0.4, 0.5) is 0 Å². The Morgan fingerprint density at radius 2 is 1.47 bits per heavy atom. The molecule has 0 unspecified atom stereocenters. The summed E-state index contributed by atoms with van der Waals surface area (Å²) in [5, 5.41) is 33.9. The van der Waals surface area contributed by atoms with E-state index in [2.05, 4.69) is 6.58 Å². The summed E-state index contributed by atoms with van der Waals surface area (Å²) in [6, 6.07) is 3.42. The Hall–Kier alpha value is -2.17. The molecule has 0 radical (unpaired) electrons. The fourth-order valence-electron chi connectivity index (χ4n) is 0.703. The molecule has 1 rings (SSSR count). The van der Waals surface area contributed by atoms with Gasteiger partial charge in [0.2, 0.25) is 0 Å². The molecule has 0 heterocycles. The van der Waals surface area contributed by atoms with Gasteiger partial charge in [-0.2, -0.15) is 0 Å². The Balaban J connectivity index is 0.000000288. The van der Waals surface area contributed by atoms with E-state index in [0.29, 0.717) is 0 Å². The van der Waals surface area contributed by atoms with Crippen LogP contribution in [-0.2, 0) is 4.79 Å². The van der Waals surface area contributed by atoms with E-state index < -0.39 is 5.97 Å². The number of phenols is 3. The van der Waals surface area contributed by atoms with Gasteiger partial charge in [-0.05, 0) is 0 Å². The zero-order valence-corrected chi connectivity index (χ0v) is 7.92. The molecule has 82 valence electrons. The van der Waals surface area contributed by atoms with Crippen LogP contribution in [0.1, 0.15) is 6.42 Å². The van der Waals surface area contributed by atoms with Crippen LogP contribution in [0.3, 0.4) is 0 Å². The quantitative estimate of drug-likeness (QED) is 0.556. The lowest BCUT2D eigenvalue weighted by molar-refractivity contribution is -0.135. The number of rotatable bonds is 2. The number of carbonyl (C=O) groups is 1. The van der Waals surface area contributed by atoms with Crippen molar-refractivity contribution in [3.05, 3.63) is 30.9 Å². The van der Waals surface area contributed by atoms with Crippen molar-refractivity contribution in [1.29, 1.82) is 0 Å². The number of aliphatic carboxylic acids is 1. The maximum Gasteiger partial charge on any atom is 0.307 e. The van der Waals surface area contributed by atoms with Gasteiger partial charge in [0, 0.05) is 18.2 Å². The van der Waals surface area contributed by atoms with E-state index in [9.17, 15) is 4.79 Å². The Bertz CT molecular complexity index is 295. The average molecular weight is 212 g/mol. The first-order chi connectivity index (χ1) is 6.95. The van der Waals surface area contributed by atoms with Crippen molar-refractivity contribution >= 4 is 5.97 Å². The first-order valence-electron chi connectivity index (χ1n) is 4.00. The number of benzene rings is 1. The molecule has 5 heteroatoms. The Morgan fingerprint density at radius 3 is 1.60 bits per heavy atom. The molecule has 15 heavy (non-hydrogen) atoms. The monoisotopic (exact) mass is 212 g/mol. The van der Waals surface area contributed by atoms with Gasteiger partial charge in [0.15, 0.2) is 0 Å². The van der Waals surface area contributed by atoms with E-state index in [0.717, 1.165) is 18.2 Å². The first-order valence-corrected chi connectivity index (χ1v) is 4.00. The molecular weight excluding hydrogens is 200 g/mol. The number of hydrogen-bond donors (Lipinski definition) is 4. The molecule has 0 saturated carbocycles. The number of hydrogen-bond acceptors (Lipinski definition) is 4. The lowest BCUT2D eigenvalue weighted by atomic mass is 10.3. The molecule has 0 aromatic heterocycles. The maximum absolute atomic E-state index is 9.53. The third-order valence-corrected chi connectivity index (χ3v) is 1.21. The summed E-state index contributed by atoms with van der Waals surface area (Å²) in [4.78, 5) is 9.53. The van der Waals surface area contributed by atoms with Crippen molar-refractivity contribution in [3.8, 4) is 17.2 Å². The second kappa shape index (κ2) is 6.31. The molecule has 0 aliphatic carbocycles. The van der Waals surface area contributed by atoms with Crippen molar-refractivity contribution in [1.82, 2.24) is 0 Å². The standard InChI is InChI=1S/C6H6O3.C4H6O2/c7-4-1-5(8)3-6(9)2-4;1-2-3-4(5)6/h1-3,7-9H;2H,1,3H2,(H,5,6). The summed E-state index contributed by atoms with van der Waals surface area (Å²) >= 11 is 0. The minimum atomic E-state index is -0.829. The van der Waals surface area contributed by atoms with Crippen LogP contribution in [0, 0.1) is 0 Å². The Morgan fingerprint density at radius 1 is 1.13 bits per heavy atom. The largest absolute Gasteiger partial charge is 0.508 e. The van der Waals surface area contributed by atoms with Gasteiger partial charge < -0.3 is 20.4 Å². The second-order valence-electron chi connectivity index (χ2n) is 2.59. The van der Waals surface area contributed by atoms with E-state index in [1.54, 1.807) is 0 Å². The van der Waals surface area contributed by atoms with Crippen LogP contribution < -0.4 is 0 Å². The van der Waals surface area contributed by atoms with E-state index in [1.807, 2.05) is 0 Å². The van der Waals surface area contributed by atoms with Crippen molar-refractivity contribution in [2.75, 3.05) is 0 Å². The number of carboxylic acids is 1. The van der Waals surface area contributed by atoms with E-state index >= 15 is 0 Å². The van der Waals surface area contributed by atoms with Crippen molar-refractivity contribution in [2.45, 2.75) is 6.42 Å². The SMILES string of the molecule is C=CCC(=O)O.Oc1cc(O)cc(O)c1. The topological polar surface area (TPSA) is 98.0 Å². The summed E-state index contributed by atoms with van der Waals surface area (Å²) in [6.45, 7) is 3.22. The van der Waals surface area contributed by atoms with E-state index in [-0.39, 0.29) is 23.7 Å². The maximum atomic E-state index is 9.53. The molecule has 0 fully saturated rings.